The van der Waals surface area contributed by atoms with E-state index in [0.29, 0.717) is 35.9 Å². The van der Waals surface area contributed by atoms with Crippen molar-refractivity contribution in [2.24, 2.45) is 41.4 Å². The van der Waals surface area contributed by atoms with Crippen molar-refractivity contribution in [3.05, 3.63) is 0 Å². The molecule has 7 aliphatic rings. The van der Waals surface area contributed by atoms with Gasteiger partial charge in [0.25, 0.3) is 0 Å². The number of ether oxygens (including phenoxy) is 2. The minimum Gasteiger partial charge on any atom is -0.461 e. The Labute approximate surface area is 80.7 Å². The minimum atomic E-state index is 0.106. The summed E-state index contributed by atoms with van der Waals surface area (Å²) in [5.41, 5.74) is 0. The minimum absolute atomic E-state index is 0.106. The van der Waals surface area contributed by atoms with Crippen LogP contribution in [0.1, 0.15) is 0 Å². The Kier molecular flexibility index (Phi) is 0.598. The summed E-state index contributed by atoms with van der Waals surface area (Å²) >= 11 is 0. The highest BCUT2D eigenvalue weighted by Gasteiger charge is 2.88. The first-order valence-corrected chi connectivity index (χ1v) is 5.74. The quantitative estimate of drug-likeness (QED) is 0.506. The van der Waals surface area contributed by atoms with Gasteiger partial charge >= 0.3 is 5.97 Å². The maximum absolute atomic E-state index is 11.7. The van der Waals surface area contributed by atoms with Crippen LogP contribution >= 0.6 is 0 Å². The Hall–Kier alpha value is -0.570. The van der Waals surface area contributed by atoms with Gasteiger partial charge in [-0.25, -0.2) is 0 Å². The average Bonchev–Trinajstić information content (AvgIpc) is 2.64. The molecule has 4 bridgehead atoms. The molecule has 14 heavy (non-hydrogen) atoms. The first-order chi connectivity index (χ1) is 6.88. The van der Waals surface area contributed by atoms with E-state index in [0.717, 1.165) is 11.8 Å². The van der Waals surface area contributed by atoms with Crippen LogP contribution < -0.4 is 0 Å². The van der Waals surface area contributed by atoms with Crippen molar-refractivity contribution in [1.29, 1.82) is 0 Å². The molecular formula is C11H10O3. The van der Waals surface area contributed by atoms with Gasteiger partial charge in [-0.3, -0.25) is 4.79 Å². The number of esters is 1. The highest BCUT2D eigenvalue weighted by molar-refractivity contribution is 5.78. The fourth-order valence-electron chi connectivity index (χ4n) is 6.22. The van der Waals surface area contributed by atoms with Crippen molar-refractivity contribution < 1.29 is 14.3 Å². The second-order valence-corrected chi connectivity index (χ2v) is 5.96. The predicted molar refractivity (Wildman–Crippen MR) is 43.0 cm³/mol. The van der Waals surface area contributed by atoms with E-state index in [1.54, 1.807) is 0 Å². The first kappa shape index (κ1) is 6.11. The molecule has 0 spiro atoms. The Balaban J connectivity index is 1.76. The van der Waals surface area contributed by atoms with Gasteiger partial charge in [0, 0.05) is 17.8 Å². The first-order valence-electron chi connectivity index (χ1n) is 5.74. The molecular weight excluding hydrogens is 180 g/mol. The Morgan fingerprint density at radius 1 is 0.786 bits per heavy atom. The van der Waals surface area contributed by atoms with Crippen LogP contribution in [0, 0.1) is 41.4 Å². The highest BCUT2D eigenvalue weighted by Crippen LogP contribution is 2.82. The van der Waals surface area contributed by atoms with E-state index in [9.17, 15) is 4.79 Å². The number of hydrogen-bond donors (Lipinski definition) is 0. The van der Waals surface area contributed by atoms with Gasteiger partial charge in [0.15, 0.2) is 0 Å². The molecule has 3 heteroatoms. The molecule has 0 radical (unpaired) electrons. The Bertz CT molecular complexity index is 403. The summed E-state index contributed by atoms with van der Waals surface area (Å²) in [5, 5.41) is 0. The smallest absolute Gasteiger partial charge is 0.309 e. The van der Waals surface area contributed by atoms with Crippen LogP contribution in [0.15, 0.2) is 0 Å². The monoisotopic (exact) mass is 190 g/mol. The molecule has 0 aromatic rings. The van der Waals surface area contributed by atoms with Gasteiger partial charge in [-0.2, -0.15) is 0 Å². The maximum atomic E-state index is 11.7. The van der Waals surface area contributed by atoms with Crippen molar-refractivity contribution in [1.82, 2.24) is 0 Å². The molecule has 0 aromatic carbocycles. The molecule has 7 rings (SSSR count). The molecule has 3 nitrogen and oxygen atoms in total. The maximum Gasteiger partial charge on any atom is 0.309 e. The lowest BCUT2D eigenvalue weighted by atomic mass is 9.55. The molecule has 0 unspecified atom stereocenters. The van der Waals surface area contributed by atoms with Crippen LogP contribution in [0.4, 0.5) is 0 Å². The van der Waals surface area contributed by atoms with Crippen molar-refractivity contribution in [3.63, 3.8) is 0 Å². The fourth-order valence-corrected chi connectivity index (χ4v) is 6.22. The SMILES string of the molecule is O=C1O[C@H]2[C@H]3[C@H]4O[C@@H]5[C@H]6[C@H]4[C@H]2[C@@H]6[C@H]1[C@@H]53. The predicted octanol–water partition coefficient (Wildman–Crippen LogP) is 0.0470. The van der Waals surface area contributed by atoms with Crippen LogP contribution in [0.25, 0.3) is 0 Å². The van der Waals surface area contributed by atoms with E-state index >= 15 is 0 Å². The largest absolute Gasteiger partial charge is 0.461 e. The average molecular weight is 190 g/mol. The van der Waals surface area contributed by atoms with E-state index in [1.165, 1.54) is 0 Å². The standard InChI is InChI=1S/C11H10O3/c12-11-6-1-2-4-3(1)10(14-11)7-5(6)8(2)13-9(4)7/h1-10H/t1-,2-,3-,4+,5-,6+,7-,8-,9+,10-/m1/s1. The summed E-state index contributed by atoms with van der Waals surface area (Å²) in [6.07, 6.45) is 1.21. The van der Waals surface area contributed by atoms with Crippen LogP contribution in [-0.2, 0) is 14.3 Å². The van der Waals surface area contributed by atoms with Crippen LogP contribution in [-0.4, -0.2) is 24.3 Å². The van der Waals surface area contributed by atoms with Gasteiger partial charge in [-0.1, -0.05) is 0 Å². The number of carbonyl (C=O) groups is 1. The van der Waals surface area contributed by atoms with E-state index in [2.05, 4.69) is 0 Å². The molecule has 4 saturated heterocycles. The molecule has 3 saturated carbocycles. The molecule has 10 atom stereocenters. The van der Waals surface area contributed by atoms with Crippen LogP contribution in [0.2, 0.25) is 0 Å². The topological polar surface area (TPSA) is 35.5 Å². The zero-order valence-corrected chi connectivity index (χ0v) is 7.50. The van der Waals surface area contributed by atoms with Crippen molar-refractivity contribution >= 4 is 5.97 Å². The third-order valence-electron chi connectivity index (χ3n) is 6.17. The van der Waals surface area contributed by atoms with E-state index in [-0.39, 0.29) is 18.0 Å². The van der Waals surface area contributed by atoms with E-state index in [1.807, 2.05) is 0 Å². The van der Waals surface area contributed by atoms with Gasteiger partial charge in [0.1, 0.15) is 6.10 Å². The summed E-state index contributed by atoms with van der Waals surface area (Å²) < 4.78 is 11.6. The molecule has 4 aliphatic heterocycles. The Morgan fingerprint density at radius 2 is 1.50 bits per heavy atom. The fraction of sp³-hybridized carbons (Fsp3) is 0.909. The lowest BCUT2D eigenvalue weighted by Crippen LogP contribution is -2.58. The lowest BCUT2D eigenvalue weighted by Gasteiger charge is -2.52. The number of rotatable bonds is 0. The van der Waals surface area contributed by atoms with Gasteiger partial charge < -0.3 is 9.47 Å². The van der Waals surface area contributed by atoms with Crippen LogP contribution in [0.5, 0.6) is 0 Å². The summed E-state index contributed by atoms with van der Waals surface area (Å²) in [4.78, 5) is 11.7. The molecule has 7 fully saturated rings. The summed E-state index contributed by atoms with van der Waals surface area (Å²) in [6.45, 7) is 0. The van der Waals surface area contributed by atoms with Crippen molar-refractivity contribution in [2.75, 3.05) is 0 Å². The number of fused-ring (bicyclic) bond motifs is 1. The zero-order chi connectivity index (χ0) is 8.77. The zero-order valence-electron chi connectivity index (χ0n) is 7.50. The Morgan fingerprint density at radius 3 is 2.43 bits per heavy atom. The lowest BCUT2D eigenvalue weighted by molar-refractivity contribution is -0.202. The molecule has 0 aromatic heterocycles. The normalized spacial score (nSPS) is 82.7. The molecule has 4 heterocycles. The third kappa shape index (κ3) is 0.309. The van der Waals surface area contributed by atoms with E-state index in [4.69, 9.17) is 9.47 Å². The van der Waals surface area contributed by atoms with Gasteiger partial charge in [-0.15, -0.1) is 0 Å². The summed E-state index contributed by atoms with van der Waals surface area (Å²) in [6, 6.07) is 0. The molecule has 72 valence electrons. The molecule has 3 aliphatic carbocycles. The molecule has 0 N–H and O–H groups in total. The van der Waals surface area contributed by atoms with Gasteiger partial charge in [0.05, 0.1) is 18.1 Å². The number of carbonyl (C=O) groups excluding carboxylic acids is 1. The van der Waals surface area contributed by atoms with Crippen molar-refractivity contribution in [2.45, 2.75) is 18.3 Å². The number of hydrogen-bond acceptors (Lipinski definition) is 3. The summed E-state index contributed by atoms with van der Waals surface area (Å²) in [7, 11) is 0. The van der Waals surface area contributed by atoms with E-state index < -0.39 is 0 Å². The van der Waals surface area contributed by atoms with Gasteiger partial charge in [0.2, 0.25) is 0 Å². The highest BCUT2D eigenvalue weighted by atomic mass is 16.6. The second kappa shape index (κ2) is 1.37. The second-order valence-electron chi connectivity index (χ2n) is 5.96. The molecule has 0 amide bonds. The third-order valence-corrected chi connectivity index (χ3v) is 6.17. The van der Waals surface area contributed by atoms with Crippen molar-refractivity contribution in [3.8, 4) is 0 Å². The summed E-state index contributed by atoms with van der Waals surface area (Å²) in [5.74, 6) is 4.45. The van der Waals surface area contributed by atoms with Gasteiger partial charge in [-0.05, 0) is 17.8 Å². The van der Waals surface area contributed by atoms with Crippen LogP contribution in [0.3, 0.4) is 0 Å².